The number of benzene rings is 3. The lowest BCUT2D eigenvalue weighted by atomic mass is 9.94. The van der Waals surface area contributed by atoms with E-state index in [1.807, 2.05) is 0 Å². The van der Waals surface area contributed by atoms with Gasteiger partial charge in [-0.1, -0.05) is 60.7 Å². The molecule has 1 unspecified atom stereocenters. The molecule has 0 aliphatic heterocycles. The third kappa shape index (κ3) is 6.10. The maximum Gasteiger partial charge on any atom is 0.336 e. The van der Waals surface area contributed by atoms with E-state index < -0.39 is 35.7 Å². The monoisotopic (exact) mass is 538 g/mol. The smallest absolute Gasteiger partial charge is 0.336 e. The van der Waals surface area contributed by atoms with Crippen LogP contribution in [0.25, 0.3) is 22.4 Å². The summed E-state index contributed by atoms with van der Waals surface area (Å²) in [4.78, 5) is 18.9. The van der Waals surface area contributed by atoms with E-state index in [0.29, 0.717) is 16.7 Å². The van der Waals surface area contributed by atoms with Gasteiger partial charge in [0.25, 0.3) is 0 Å². The van der Waals surface area contributed by atoms with Gasteiger partial charge in [-0.3, -0.25) is 4.79 Å². The Balaban J connectivity index is 1.72. The summed E-state index contributed by atoms with van der Waals surface area (Å²) >= 11 is 0. The van der Waals surface area contributed by atoms with Crippen LogP contribution in [0.15, 0.2) is 78.9 Å². The number of carboxylic acid groups (broad SMARTS) is 1. The van der Waals surface area contributed by atoms with Gasteiger partial charge in [-0.2, -0.15) is 9.37 Å². The summed E-state index contributed by atoms with van der Waals surface area (Å²) in [7, 11) is 1.34. The fourth-order valence-corrected chi connectivity index (χ4v) is 3.97. The Morgan fingerprint density at radius 1 is 1.00 bits per heavy atom. The maximum absolute atomic E-state index is 16.3. The lowest BCUT2D eigenvalue weighted by molar-refractivity contribution is -0.176. The van der Waals surface area contributed by atoms with E-state index >= 15 is 4.39 Å². The number of aliphatic carboxylic acids is 1. The van der Waals surface area contributed by atoms with Gasteiger partial charge in [0, 0.05) is 17.2 Å². The second-order valence-corrected chi connectivity index (χ2v) is 8.62. The van der Waals surface area contributed by atoms with Crippen molar-refractivity contribution in [2.75, 3.05) is 12.8 Å². The number of carbonyl (C=O) groups is 1. The molecule has 1 heterocycles. The van der Waals surface area contributed by atoms with Crippen LogP contribution < -0.4 is 20.9 Å². The van der Waals surface area contributed by atoms with Crippen LogP contribution in [-0.4, -0.2) is 40.6 Å². The summed E-state index contributed by atoms with van der Waals surface area (Å²) in [6.07, 6.45) is -3.52. The van der Waals surface area contributed by atoms with Gasteiger partial charge in [0.2, 0.25) is 11.8 Å². The van der Waals surface area contributed by atoms with E-state index in [4.69, 9.17) is 26.0 Å². The number of alkyl halides is 3. The van der Waals surface area contributed by atoms with Crippen molar-refractivity contribution in [3.8, 4) is 34.0 Å². The minimum absolute atomic E-state index is 0.0962. The zero-order valence-electron chi connectivity index (χ0n) is 20.7. The van der Waals surface area contributed by atoms with Crippen LogP contribution in [-0.2, 0) is 17.1 Å². The van der Waals surface area contributed by atoms with E-state index in [-0.39, 0.29) is 29.4 Å². The largest absolute Gasteiger partial charge is 0.497 e. The molecule has 8 nitrogen and oxygen atoms in total. The first kappa shape index (κ1) is 27.4. The second-order valence-electron chi connectivity index (χ2n) is 8.62. The van der Waals surface area contributed by atoms with E-state index in [1.54, 1.807) is 54.6 Å². The van der Waals surface area contributed by atoms with Crippen molar-refractivity contribution >= 4 is 11.9 Å². The van der Waals surface area contributed by atoms with Gasteiger partial charge in [-0.25, -0.2) is 13.8 Å². The van der Waals surface area contributed by atoms with Crippen LogP contribution in [0.3, 0.4) is 0 Å². The molecule has 5 N–H and O–H groups in total. The van der Waals surface area contributed by atoms with Gasteiger partial charge in [-0.05, 0) is 35.2 Å². The number of nitrogens with two attached hydrogens (primary N) is 2. The van der Waals surface area contributed by atoms with Crippen LogP contribution in [0.1, 0.15) is 11.1 Å². The molecule has 2 atom stereocenters. The molecule has 4 rings (SSSR count). The Morgan fingerprint density at radius 2 is 1.69 bits per heavy atom. The van der Waals surface area contributed by atoms with E-state index in [1.165, 1.54) is 25.3 Å². The van der Waals surface area contributed by atoms with Crippen molar-refractivity contribution in [3.63, 3.8) is 0 Å². The van der Waals surface area contributed by atoms with Crippen molar-refractivity contribution in [2.45, 2.75) is 24.7 Å². The number of aromatic nitrogens is 2. The predicted octanol–water partition coefficient (Wildman–Crippen LogP) is 4.82. The van der Waals surface area contributed by atoms with Crippen LogP contribution in [0.2, 0.25) is 0 Å². The first-order chi connectivity index (χ1) is 18.6. The van der Waals surface area contributed by atoms with E-state index in [0.717, 1.165) is 6.07 Å². The van der Waals surface area contributed by atoms with Gasteiger partial charge in [0.15, 0.2) is 0 Å². The highest BCUT2D eigenvalue weighted by molar-refractivity contribution is 5.73. The molecule has 39 heavy (non-hydrogen) atoms. The molecule has 0 bridgehead atoms. The molecule has 1 aromatic heterocycles. The molecule has 4 aromatic rings. The topological polar surface area (TPSA) is 134 Å². The molecule has 0 spiro atoms. The number of hydrogen-bond acceptors (Lipinski definition) is 7. The fraction of sp³-hybridized carbons (Fsp3) is 0.179. The Morgan fingerprint density at radius 3 is 2.31 bits per heavy atom. The second kappa shape index (κ2) is 11.4. The molecular formula is C28H25F3N4O4. The normalized spacial score (nSPS) is 13.5. The minimum Gasteiger partial charge on any atom is -0.497 e. The predicted molar refractivity (Wildman–Crippen MR) is 139 cm³/mol. The minimum atomic E-state index is -3.63. The van der Waals surface area contributed by atoms with Crippen molar-refractivity contribution in [2.24, 2.45) is 5.73 Å². The zero-order chi connectivity index (χ0) is 28.2. The average molecular weight is 539 g/mol. The molecule has 0 saturated carbocycles. The first-order valence-electron chi connectivity index (χ1n) is 11.7. The quantitative estimate of drug-likeness (QED) is 0.262. The number of nitrogens with zero attached hydrogens (tertiary/aromatic N) is 2. The van der Waals surface area contributed by atoms with E-state index in [2.05, 4.69) is 9.97 Å². The number of hydrogen-bond donors (Lipinski definition) is 3. The number of anilines is 1. The Bertz CT molecular complexity index is 1460. The number of carboxylic acids is 1. The average Bonchev–Trinajstić information content (AvgIpc) is 2.93. The molecule has 0 saturated heterocycles. The number of nitrogen functional groups attached to an aromatic ring is 1. The molecule has 0 aliphatic rings. The summed E-state index contributed by atoms with van der Waals surface area (Å²) in [5, 5.41) is 9.00. The highest BCUT2D eigenvalue weighted by Gasteiger charge is 2.47. The molecule has 0 radical (unpaired) electrons. The molecule has 0 aliphatic carbocycles. The van der Waals surface area contributed by atoms with Gasteiger partial charge in [0.05, 0.1) is 12.8 Å². The number of rotatable bonds is 10. The molecule has 11 heteroatoms. The molecule has 0 amide bonds. The Kier molecular flexibility index (Phi) is 8.01. The fourth-order valence-electron chi connectivity index (χ4n) is 3.97. The van der Waals surface area contributed by atoms with Crippen LogP contribution >= 0.6 is 0 Å². The third-order valence-electron chi connectivity index (χ3n) is 5.96. The van der Waals surface area contributed by atoms with Crippen LogP contribution in [0, 0.1) is 0 Å². The number of halogens is 3. The molecule has 202 valence electrons. The zero-order valence-corrected chi connectivity index (χ0v) is 20.7. The highest BCUT2D eigenvalue weighted by atomic mass is 19.3. The summed E-state index contributed by atoms with van der Waals surface area (Å²) in [6.45, 7) is 0. The number of methoxy groups -OCH3 is 1. The third-order valence-corrected chi connectivity index (χ3v) is 5.96. The summed E-state index contributed by atoms with van der Waals surface area (Å²) in [5.41, 5.74) is 12.9. The van der Waals surface area contributed by atoms with Gasteiger partial charge in [-0.15, -0.1) is 0 Å². The van der Waals surface area contributed by atoms with Crippen LogP contribution in [0.4, 0.5) is 19.1 Å². The molecule has 3 aromatic carbocycles. The van der Waals surface area contributed by atoms with Crippen molar-refractivity contribution in [3.05, 3.63) is 90.0 Å². The van der Waals surface area contributed by atoms with Gasteiger partial charge >= 0.3 is 18.2 Å². The molecule has 0 fully saturated rings. The summed E-state index contributed by atoms with van der Waals surface area (Å²) in [5.74, 6) is -5.45. The lowest BCUT2D eigenvalue weighted by Crippen LogP contribution is -2.37. The number of ether oxygens (including phenoxy) is 2. The summed E-state index contributed by atoms with van der Waals surface area (Å²) in [6, 6.07) is 19.2. The Hall–Kier alpha value is -4.64. The highest BCUT2D eigenvalue weighted by Crippen LogP contribution is 2.42. The SMILES string of the molecule is COc1ccc(-c2ccccc2)c(C(F)(Oc2cc(-c3ccc(C[C@H](N)C(=O)O)cc3)nc(N)n2)C(F)F)c1. The van der Waals surface area contributed by atoms with Gasteiger partial charge in [0.1, 0.15) is 11.8 Å². The standard InChI is InChI=1S/C28H25F3N4O4/c1-38-19-11-12-20(17-5-3-2-4-6-17)21(14-19)28(31,26(29)30)39-24-15-23(34-27(33)35-24)18-9-7-16(8-10-18)13-22(32)25(36)37/h2-12,14-15,22,26H,13,32H2,1H3,(H,36,37)(H2,33,34,35)/t22-,28?/m0/s1. The maximum atomic E-state index is 16.3. The van der Waals surface area contributed by atoms with E-state index in [9.17, 15) is 13.6 Å². The molecular weight excluding hydrogens is 513 g/mol. The van der Waals surface area contributed by atoms with Gasteiger partial charge < -0.3 is 26.0 Å². The summed E-state index contributed by atoms with van der Waals surface area (Å²) < 4.78 is 55.6. The first-order valence-corrected chi connectivity index (χ1v) is 11.7. The Labute approximate surface area is 222 Å². The van der Waals surface area contributed by atoms with Crippen molar-refractivity contribution < 1.29 is 32.5 Å². The van der Waals surface area contributed by atoms with Crippen molar-refractivity contribution in [1.29, 1.82) is 0 Å². The van der Waals surface area contributed by atoms with Crippen LogP contribution in [0.5, 0.6) is 11.6 Å². The lowest BCUT2D eigenvalue weighted by Gasteiger charge is -2.28. The van der Waals surface area contributed by atoms with Crippen molar-refractivity contribution in [1.82, 2.24) is 9.97 Å².